The molecule has 0 saturated carbocycles. The van der Waals surface area contributed by atoms with Crippen molar-refractivity contribution in [2.75, 3.05) is 49.5 Å². The topological polar surface area (TPSA) is 55.9 Å². The summed E-state index contributed by atoms with van der Waals surface area (Å²) < 4.78 is 0. The second kappa shape index (κ2) is 9.39. The summed E-state index contributed by atoms with van der Waals surface area (Å²) in [5.41, 5.74) is 1.79. The average molecular weight is 427 g/mol. The van der Waals surface area contributed by atoms with Crippen LogP contribution in [0.5, 0.6) is 0 Å². The summed E-state index contributed by atoms with van der Waals surface area (Å²) in [5.74, 6) is 0.0261. The zero-order chi connectivity index (χ0) is 20.9. The maximum atomic E-state index is 13.1. The number of piperazine rings is 1. The van der Waals surface area contributed by atoms with Crippen molar-refractivity contribution in [2.24, 2.45) is 5.92 Å². The van der Waals surface area contributed by atoms with Gasteiger partial charge in [-0.1, -0.05) is 41.9 Å². The second-order valence-corrected chi connectivity index (χ2v) is 8.25. The van der Waals surface area contributed by atoms with Gasteiger partial charge in [-0.25, -0.2) is 4.79 Å². The maximum Gasteiger partial charge on any atom is 0.321 e. The van der Waals surface area contributed by atoms with Crippen LogP contribution in [0.1, 0.15) is 12.8 Å². The van der Waals surface area contributed by atoms with Crippen LogP contribution in [0, 0.1) is 5.92 Å². The van der Waals surface area contributed by atoms with Crippen LogP contribution in [0.25, 0.3) is 0 Å². The molecular formula is C23H27ClN4O2. The van der Waals surface area contributed by atoms with Crippen molar-refractivity contribution < 1.29 is 9.59 Å². The number of para-hydroxylation sites is 2. The van der Waals surface area contributed by atoms with Crippen LogP contribution in [-0.4, -0.2) is 61.0 Å². The predicted octanol–water partition coefficient (Wildman–Crippen LogP) is 3.93. The maximum absolute atomic E-state index is 13.1. The molecule has 0 aliphatic carbocycles. The van der Waals surface area contributed by atoms with E-state index in [0.29, 0.717) is 26.2 Å². The van der Waals surface area contributed by atoms with E-state index < -0.39 is 0 Å². The molecule has 0 radical (unpaired) electrons. The minimum atomic E-state index is -0.137. The van der Waals surface area contributed by atoms with Crippen LogP contribution < -0.4 is 10.2 Å². The SMILES string of the molecule is O=C(Nc1ccccc1)N1CCCC(C(=O)N2CCN(c3ccccc3Cl)CC2)C1. The lowest BCUT2D eigenvalue weighted by Gasteiger charge is -2.39. The first-order chi connectivity index (χ1) is 14.6. The Bertz CT molecular complexity index is 884. The van der Waals surface area contributed by atoms with Crippen LogP contribution in [0.2, 0.25) is 5.02 Å². The number of nitrogens with zero attached hydrogens (tertiary/aromatic N) is 3. The normalized spacial score (nSPS) is 19.5. The summed E-state index contributed by atoms with van der Waals surface area (Å²) >= 11 is 6.32. The van der Waals surface area contributed by atoms with Crippen LogP contribution in [0.15, 0.2) is 54.6 Å². The molecule has 1 unspecified atom stereocenters. The fraction of sp³-hybridized carbons (Fsp3) is 0.391. The third kappa shape index (κ3) is 4.70. The third-order valence-electron chi connectivity index (χ3n) is 5.87. The number of likely N-dealkylation sites (tertiary alicyclic amines) is 1. The lowest BCUT2D eigenvalue weighted by Crippen LogP contribution is -2.53. The number of hydrogen-bond acceptors (Lipinski definition) is 3. The summed E-state index contributed by atoms with van der Waals surface area (Å²) in [7, 11) is 0. The van der Waals surface area contributed by atoms with Crippen molar-refractivity contribution in [2.45, 2.75) is 12.8 Å². The largest absolute Gasteiger partial charge is 0.367 e. The number of carbonyl (C=O) groups excluding carboxylic acids is 2. The molecule has 4 rings (SSSR count). The van der Waals surface area contributed by atoms with Gasteiger partial charge >= 0.3 is 6.03 Å². The number of rotatable bonds is 3. The van der Waals surface area contributed by atoms with E-state index in [1.807, 2.05) is 59.5 Å². The van der Waals surface area contributed by atoms with E-state index in [0.717, 1.165) is 42.3 Å². The second-order valence-electron chi connectivity index (χ2n) is 7.85. The van der Waals surface area contributed by atoms with Crippen LogP contribution in [-0.2, 0) is 4.79 Å². The first kappa shape index (κ1) is 20.5. The van der Waals surface area contributed by atoms with Gasteiger partial charge in [-0.3, -0.25) is 4.79 Å². The lowest BCUT2D eigenvalue weighted by molar-refractivity contribution is -0.137. The summed E-state index contributed by atoms with van der Waals surface area (Å²) in [6.07, 6.45) is 1.68. The molecule has 30 heavy (non-hydrogen) atoms. The minimum Gasteiger partial charge on any atom is -0.367 e. The quantitative estimate of drug-likeness (QED) is 0.808. The molecule has 7 heteroatoms. The minimum absolute atomic E-state index is 0.132. The Kier molecular flexibility index (Phi) is 6.43. The fourth-order valence-corrected chi connectivity index (χ4v) is 4.48. The number of nitrogens with one attached hydrogen (secondary N) is 1. The van der Waals surface area contributed by atoms with Crippen LogP contribution >= 0.6 is 11.6 Å². The van der Waals surface area contributed by atoms with Gasteiger partial charge in [0.2, 0.25) is 5.91 Å². The van der Waals surface area contributed by atoms with Gasteiger partial charge in [-0.15, -0.1) is 0 Å². The van der Waals surface area contributed by atoms with Crippen LogP contribution in [0.3, 0.4) is 0 Å². The van der Waals surface area contributed by atoms with Gasteiger partial charge in [0.15, 0.2) is 0 Å². The number of piperidine rings is 1. The number of benzene rings is 2. The molecule has 1 atom stereocenters. The number of halogens is 1. The van der Waals surface area contributed by atoms with Crippen molar-refractivity contribution in [3.63, 3.8) is 0 Å². The number of hydrogen-bond donors (Lipinski definition) is 1. The van der Waals surface area contributed by atoms with E-state index >= 15 is 0 Å². The Hall–Kier alpha value is -2.73. The molecule has 2 saturated heterocycles. The molecule has 2 aromatic carbocycles. The highest BCUT2D eigenvalue weighted by Gasteiger charge is 2.32. The van der Waals surface area contributed by atoms with Gasteiger partial charge in [0.1, 0.15) is 0 Å². The van der Waals surface area contributed by atoms with E-state index in [9.17, 15) is 9.59 Å². The van der Waals surface area contributed by atoms with Crippen molar-refractivity contribution in [1.82, 2.24) is 9.80 Å². The Morgan fingerprint density at radius 2 is 1.57 bits per heavy atom. The smallest absolute Gasteiger partial charge is 0.321 e. The molecule has 0 bridgehead atoms. The lowest BCUT2D eigenvalue weighted by atomic mass is 9.96. The first-order valence-electron chi connectivity index (χ1n) is 10.5. The monoisotopic (exact) mass is 426 g/mol. The number of carbonyl (C=O) groups is 2. The van der Waals surface area contributed by atoms with E-state index in [2.05, 4.69) is 10.2 Å². The Morgan fingerprint density at radius 3 is 2.30 bits per heavy atom. The van der Waals surface area contributed by atoms with Gasteiger partial charge in [0, 0.05) is 45.0 Å². The van der Waals surface area contributed by atoms with Gasteiger partial charge in [0.25, 0.3) is 0 Å². The summed E-state index contributed by atoms with van der Waals surface area (Å²) in [5, 5.41) is 3.66. The van der Waals surface area contributed by atoms with E-state index in [1.165, 1.54) is 0 Å². The van der Waals surface area contributed by atoms with Gasteiger partial charge in [-0.2, -0.15) is 0 Å². The molecular weight excluding hydrogens is 400 g/mol. The zero-order valence-corrected chi connectivity index (χ0v) is 17.7. The third-order valence-corrected chi connectivity index (χ3v) is 6.19. The van der Waals surface area contributed by atoms with Crippen molar-refractivity contribution in [3.05, 3.63) is 59.6 Å². The molecule has 0 spiro atoms. The molecule has 2 aliphatic rings. The predicted molar refractivity (Wildman–Crippen MR) is 120 cm³/mol. The summed E-state index contributed by atoms with van der Waals surface area (Å²) in [6, 6.07) is 17.1. The molecule has 0 aromatic heterocycles. The summed E-state index contributed by atoms with van der Waals surface area (Å²) in [4.78, 5) is 31.7. The molecule has 2 heterocycles. The average Bonchev–Trinajstić information content (AvgIpc) is 2.80. The highest BCUT2D eigenvalue weighted by molar-refractivity contribution is 6.33. The van der Waals surface area contributed by atoms with Gasteiger partial charge in [-0.05, 0) is 37.1 Å². The van der Waals surface area contributed by atoms with E-state index in [-0.39, 0.29) is 17.9 Å². The summed E-state index contributed by atoms with van der Waals surface area (Å²) in [6.45, 7) is 4.04. The van der Waals surface area contributed by atoms with E-state index in [1.54, 1.807) is 4.90 Å². The van der Waals surface area contributed by atoms with E-state index in [4.69, 9.17) is 11.6 Å². The van der Waals surface area contributed by atoms with Crippen molar-refractivity contribution >= 4 is 34.9 Å². The molecule has 6 nitrogen and oxygen atoms in total. The zero-order valence-electron chi connectivity index (χ0n) is 17.0. The van der Waals surface area contributed by atoms with Crippen molar-refractivity contribution in [1.29, 1.82) is 0 Å². The Morgan fingerprint density at radius 1 is 0.867 bits per heavy atom. The van der Waals surface area contributed by atoms with Crippen LogP contribution in [0.4, 0.5) is 16.2 Å². The number of urea groups is 1. The molecule has 2 fully saturated rings. The van der Waals surface area contributed by atoms with Gasteiger partial charge in [0.05, 0.1) is 16.6 Å². The fourth-order valence-electron chi connectivity index (χ4n) is 4.22. The molecule has 1 N–H and O–H groups in total. The number of anilines is 2. The first-order valence-corrected chi connectivity index (χ1v) is 10.9. The highest BCUT2D eigenvalue weighted by Crippen LogP contribution is 2.27. The molecule has 158 valence electrons. The van der Waals surface area contributed by atoms with Gasteiger partial charge < -0.3 is 20.0 Å². The standard InChI is InChI=1S/C23H27ClN4O2/c24-20-10-4-5-11-21(20)26-13-15-27(16-14-26)22(29)18-7-6-12-28(17-18)23(30)25-19-8-2-1-3-9-19/h1-5,8-11,18H,6-7,12-17H2,(H,25,30). The molecule has 2 aromatic rings. The Labute approximate surface area is 182 Å². The Balaban J connectivity index is 1.31. The highest BCUT2D eigenvalue weighted by atomic mass is 35.5. The number of amides is 3. The van der Waals surface area contributed by atoms with Crippen molar-refractivity contribution in [3.8, 4) is 0 Å². The molecule has 2 aliphatic heterocycles. The molecule has 3 amide bonds.